The third-order valence-corrected chi connectivity index (χ3v) is 6.18. The summed E-state index contributed by atoms with van der Waals surface area (Å²) >= 11 is 6.15. The number of likely N-dealkylation sites (tertiary alicyclic amines) is 1. The average Bonchev–Trinajstić information content (AvgIpc) is 2.72. The zero-order valence-corrected chi connectivity index (χ0v) is 16.6. The van der Waals surface area contributed by atoms with Gasteiger partial charge >= 0.3 is 0 Å². The van der Waals surface area contributed by atoms with E-state index < -0.39 is 6.10 Å². The van der Waals surface area contributed by atoms with Gasteiger partial charge in [-0.25, -0.2) is 9.37 Å². The molecule has 2 aliphatic rings. The fraction of sp³-hybridized carbons (Fsp3) is 0.476. The van der Waals surface area contributed by atoms with E-state index in [-0.39, 0.29) is 11.9 Å². The monoisotopic (exact) mass is 404 g/mol. The second-order valence-electron chi connectivity index (χ2n) is 7.57. The lowest BCUT2D eigenvalue weighted by atomic mass is 9.98. The van der Waals surface area contributed by atoms with E-state index in [4.69, 9.17) is 11.6 Å². The Morgan fingerprint density at radius 3 is 2.57 bits per heavy atom. The first-order chi connectivity index (χ1) is 13.6. The van der Waals surface area contributed by atoms with Crippen LogP contribution in [0, 0.1) is 5.82 Å². The predicted molar refractivity (Wildman–Crippen MR) is 109 cm³/mol. The Morgan fingerprint density at radius 2 is 1.89 bits per heavy atom. The molecule has 0 unspecified atom stereocenters. The first-order valence-corrected chi connectivity index (χ1v) is 10.2. The molecule has 4 rings (SSSR count). The number of aromatic nitrogens is 1. The van der Waals surface area contributed by atoms with Crippen molar-refractivity contribution < 1.29 is 9.50 Å². The third kappa shape index (κ3) is 4.30. The van der Waals surface area contributed by atoms with Crippen molar-refractivity contribution in [2.75, 3.05) is 44.2 Å². The highest BCUT2D eigenvalue weighted by atomic mass is 35.5. The number of rotatable bonds is 4. The van der Waals surface area contributed by atoms with E-state index in [0.29, 0.717) is 23.7 Å². The molecule has 0 spiro atoms. The molecule has 0 radical (unpaired) electrons. The number of piperazine rings is 1. The highest BCUT2D eigenvalue weighted by molar-refractivity contribution is 6.31. The lowest BCUT2D eigenvalue weighted by molar-refractivity contribution is -0.0174. The minimum absolute atomic E-state index is 0.151. The summed E-state index contributed by atoms with van der Waals surface area (Å²) < 4.78 is 14.1. The van der Waals surface area contributed by atoms with Gasteiger partial charge in [-0.1, -0.05) is 23.7 Å². The second-order valence-corrected chi connectivity index (χ2v) is 7.98. The van der Waals surface area contributed by atoms with Gasteiger partial charge in [-0.05, 0) is 30.7 Å². The first-order valence-electron chi connectivity index (χ1n) is 9.85. The molecule has 2 saturated heterocycles. The van der Waals surface area contributed by atoms with Crippen molar-refractivity contribution in [2.45, 2.75) is 25.1 Å². The molecule has 5 nitrogen and oxygen atoms in total. The van der Waals surface area contributed by atoms with Crippen molar-refractivity contribution >= 4 is 17.4 Å². The summed E-state index contributed by atoms with van der Waals surface area (Å²) in [5.74, 6) is 0.731. The van der Waals surface area contributed by atoms with Gasteiger partial charge in [0.2, 0.25) is 0 Å². The van der Waals surface area contributed by atoms with Crippen molar-refractivity contribution in [3.63, 3.8) is 0 Å². The molecular formula is C21H26ClFN4O. The fourth-order valence-electron chi connectivity index (χ4n) is 4.28. The number of halogens is 2. The molecule has 1 aromatic heterocycles. The zero-order chi connectivity index (χ0) is 19.5. The van der Waals surface area contributed by atoms with Crippen LogP contribution in [0.3, 0.4) is 0 Å². The maximum Gasteiger partial charge on any atom is 0.129 e. The van der Waals surface area contributed by atoms with Gasteiger partial charge in [-0.15, -0.1) is 0 Å². The van der Waals surface area contributed by atoms with Crippen LogP contribution >= 0.6 is 11.6 Å². The lowest BCUT2D eigenvalue weighted by Gasteiger charge is -2.45. The number of hydrogen-bond acceptors (Lipinski definition) is 5. The Kier molecular flexibility index (Phi) is 6.11. The number of β-amino-alcohol motifs (C(OH)–C–C–N with tert-alkyl or cyclic N) is 1. The Bertz CT molecular complexity index is 765. The van der Waals surface area contributed by atoms with Gasteiger partial charge in [0.1, 0.15) is 11.6 Å². The van der Waals surface area contributed by atoms with Crippen LogP contribution in [0.1, 0.15) is 12.0 Å². The van der Waals surface area contributed by atoms with Gasteiger partial charge in [0.25, 0.3) is 0 Å². The number of aliphatic hydroxyl groups excluding tert-OH is 1. The Hall–Kier alpha value is -1.73. The van der Waals surface area contributed by atoms with Crippen molar-refractivity contribution in [1.29, 1.82) is 0 Å². The summed E-state index contributed by atoms with van der Waals surface area (Å²) in [4.78, 5) is 11.2. The number of hydrogen-bond donors (Lipinski definition) is 1. The number of nitrogens with zero attached hydrogens (tertiary/aromatic N) is 4. The van der Waals surface area contributed by atoms with E-state index in [0.717, 1.165) is 45.0 Å². The highest BCUT2D eigenvalue weighted by Crippen LogP contribution is 2.25. The average molecular weight is 405 g/mol. The highest BCUT2D eigenvalue weighted by Gasteiger charge is 2.34. The number of benzene rings is 1. The summed E-state index contributed by atoms with van der Waals surface area (Å²) in [5, 5.41) is 11.2. The van der Waals surface area contributed by atoms with Crippen LogP contribution in [-0.2, 0) is 6.54 Å². The molecule has 2 atom stereocenters. The molecule has 0 saturated carbocycles. The summed E-state index contributed by atoms with van der Waals surface area (Å²) in [6.07, 6.45) is 2.25. The van der Waals surface area contributed by atoms with Crippen molar-refractivity contribution in [2.24, 2.45) is 0 Å². The largest absolute Gasteiger partial charge is 0.390 e. The van der Waals surface area contributed by atoms with Crippen LogP contribution in [0.2, 0.25) is 5.02 Å². The molecule has 3 heterocycles. The van der Waals surface area contributed by atoms with Crippen molar-refractivity contribution in [3.05, 3.63) is 59.0 Å². The molecule has 1 N–H and O–H groups in total. The van der Waals surface area contributed by atoms with Crippen LogP contribution in [0.5, 0.6) is 0 Å². The Morgan fingerprint density at radius 1 is 1.07 bits per heavy atom. The van der Waals surface area contributed by atoms with Gasteiger partial charge in [-0.2, -0.15) is 0 Å². The molecular weight excluding hydrogens is 379 g/mol. The number of aliphatic hydroxyl groups is 1. The number of pyridine rings is 1. The first kappa shape index (κ1) is 19.6. The smallest absolute Gasteiger partial charge is 0.129 e. The maximum absolute atomic E-state index is 14.1. The third-order valence-electron chi connectivity index (χ3n) is 5.83. The molecule has 28 heavy (non-hydrogen) atoms. The van der Waals surface area contributed by atoms with Crippen LogP contribution in [0.4, 0.5) is 10.2 Å². The molecule has 0 aliphatic carbocycles. The van der Waals surface area contributed by atoms with E-state index in [1.807, 2.05) is 24.4 Å². The molecule has 150 valence electrons. The van der Waals surface area contributed by atoms with Crippen LogP contribution in [0.15, 0.2) is 42.6 Å². The van der Waals surface area contributed by atoms with Gasteiger partial charge < -0.3 is 10.0 Å². The molecule has 0 amide bonds. The second kappa shape index (κ2) is 8.74. The normalized spacial score (nSPS) is 24.5. The molecule has 0 bridgehead atoms. The van der Waals surface area contributed by atoms with Crippen LogP contribution < -0.4 is 4.90 Å². The number of anilines is 1. The SMILES string of the molecule is O[C@@H]1CN(Cc2c(F)cccc2Cl)CC[C@H]1N1CCN(c2ccccn2)CC1. The lowest BCUT2D eigenvalue weighted by Crippen LogP contribution is -2.58. The van der Waals surface area contributed by atoms with E-state index in [2.05, 4.69) is 19.7 Å². The topological polar surface area (TPSA) is 42.8 Å². The fourth-order valence-corrected chi connectivity index (χ4v) is 4.51. The quantitative estimate of drug-likeness (QED) is 0.848. The van der Waals surface area contributed by atoms with E-state index in [1.54, 1.807) is 12.1 Å². The summed E-state index contributed by atoms with van der Waals surface area (Å²) in [6, 6.07) is 10.9. The van der Waals surface area contributed by atoms with E-state index in [9.17, 15) is 9.50 Å². The number of piperidine rings is 1. The van der Waals surface area contributed by atoms with Crippen LogP contribution in [-0.4, -0.2) is 71.3 Å². The van der Waals surface area contributed by atoms with Crippen molar-refractivity contribution in [1.82, 2.24) is 14.8 Å². The van der Waals surface area contributed by atoms with Gasteiger partial charge in [0, 0.05) is 68.6 Å². The zero-order valence-electron chi connectivity index (χ0n) is 15.8. The van der Waals surface area contributed by atoms with E-state index in [1.165, 1.54) is 6.07 Å². The maximum atomic E-state index is 14.1. The summed E-state index contributed by atoms with van der Waals surface area (Å²) in [7, 11) is 0. The molecule has 7 heteroatoms. The summed E-state index contributed by atoms with van der Waals surface area (Å²) in [5.41, 5.74) is 0.513. The Balaban J connectivity index is 1.31. The standard InChI is InChI=1S/C21H26ClFN4O/c22-17-4-3-5-18(23)16(17)14-25-9-7-19(20(28)15-25)26-10-12-27(13-11-26)21-6-1-2-8-24-21/h1-6,8,19-20,28H,7,9-15H2/t19-,20-/m1/s1. The minimum atomic E-state index is -0.444. The molecule has 2 fully saturated rings. The van der Waals surface area contributed by atoms with E-state index >= 15 is 0 Å². The minimum Gasteiger partial charge on any atom is -0.390 e. The molecule has 1 aromatic carbocycles. The van der Waals surface area contributed by atoms with Gasteiger partial charge in [-0.3, -0.25) is 9.80 Å². The van der Waals surface area contributed by atoms with Crippen LogP contribution in [0.25, 0.3) is 0 Å². The molecule has 2 aromatic rings. The molecule has 2 aliphatic heterocycles. The Labute approximate surface area is 170 Å². The van der Waals surface area contributed by atoms with Crippen molar-refractivity contribution in [3.8, 4) is 0 Å². The van der Waals surface area contributed by atoms with Gasteiger partial charge in [0.05, 0.1) is 6.10 Å². The van der Waals surface area contributed by atoms with Gasteiger partial charge in [0.15, 0.2) is 0 Å². The summed E-state index contributed by atoms with van der Waals surface area (Å²) in [6.45, 7) is 5.45. The predicted octanol–water partition coefficient (Wildman–Crippen LogP) is 2.63.